The number of amides is 1. The van der Waals surface area contributed by atoms with E-state index in [0.29, 0.717) is 6.42 Å². The quantitative estimate of drug-likeness (QED) is 0.600. The standard InChI is InChI=1S/C22H24N2O3S/c1-16(25)21(24-22(26)27-14-19-13-23-15-28-19)20(18-10-6-3-7-11-18)12-17-8-4-2-5-9-17/h2-11,13,15-16,20-21,25H,12,14H2,1H3,(H,24,26). The minimum absolute atomic E-state index is 0.0976. The molecular formula is C22H24N2O3S. The van der Waals surface area contributed by atoms with Gasteiger partial charge in [-0.1, -0.05) is 60.7 Å². The number of carbonyl (C=O) groups excluding carboxylic acids is 1. The lowest BCUT2D eigenvalue weighted by Crippen LogP contribution is -2.47. The summed E-state index contributed by atoms with van der Waals surface area (Å²) in [7, 11) is 0. The molecule has 0 saturated heterocycles. The van der Waals surface area contributed by atoms with Gasteiger partial charge in [-0.2, -0.15) is 0 Å². The number of hydrogen-bond acceptors (Lipinski definition) is 5. The average molecular weight is 397 g/mol. The van der Waals surface area contributed by atoms with E-state index in [1.807, 2.05) is 48.5 Å². The number of alkyl carbamates (subject to hydrolysis) is 1. The fourth-order valence-corrected chi connectivity index (χ4v) is 3.71. The van der Waals surface area contributed by atoms with Crippen molar-refractivity contribution < 1.29 is 14.6 Å². The third-order valence-corrected chi connectivity index (χ3v) is 5.35. The Balaban J connectivity index is 1.76. The SMILES string of the molecule is CC(O)C(NC(=O)OCc1cncs1)C(Cc1ccccc1)c1ccccc1. The molecule has 0 saturated carbocycles. The zero-order valence-electron chi connectivity index (χ0n) is 15.7. The van der Waals surface area contributed by atoms with Crippen LogP contribution in [0.5, 0.6) is 0 Å². The molecule has 3 rings (SSSR count). The molecule has 28 heavy (non-hydrogen) atoms. The van der Waals surface area contributed by atoms with E-state index in [0.717, 1.165) is 16.0 Å². The van der Waals surface area contributed by atoms with E-state index in [4.69, 9.17) is 4.74 Å². The molecule has 2 N–H and O–H groups in total. The van der Waals surface area contributed by atoms with E-state index in [1.165, 1.54) is 11.3 Å². The highest BCUT2D eigenvalue weighted by Gasteiger charge is 2.29. The van der Waals surface area contributed by atoms with Gasteiger partial charge in [0, 0.05) is 12.1 Å². The molecule has 0 bridgehead atoms. The summed E-state index contributed by atoms with van der Waals surface area (Å²) in [6.07, 6.45) is 1.07. The van der Waals surface area contributed by atoms with Gasteiger partial charge in [0.15, 0.2) is 0 Å². The molecule has 5 nitrogen and oxygen atoms in total. The predicted molar refractivity (Wildman–Crippen MR) is 110 cm³/mol. The van der Waals surface area contributed by atoms with Crippen molar-refractivity contribution in [3.63, 3.8) is 0 Å². The number of aromatic nitrogens is 1. The van der Waals surface area contributed by atoms with Crippen molar-refractivity contribution >= 4 is 17.4 Å². The third-order valence-electron chi connectivity index (χ3n) is 4.59. The lowest BCUT2D eigenvalue weighted by molar-refractivity contribution is 0.101. The first-order valence-corrected chi connectivity index (χ1v) is 10.1. The Labute approximate surface area is 169 Å². The first-order valence-electron chi connectivity index (χ1n) is 9.21. The molecule has 0 radical (unpaired) electrons. The van der Waals surface area contributed by atoms with Gasteiger partial charge in [-0.15, -0.1) is 11.3 Å². The van der Waals surface area contributed by atoms with Crippen LogP contribution in [0.25, 0.3) is 0 Å². The largest absolute Gasteiger partial charge is 0.444 e. The number of ether oxygens (including phenoxy) is 1. The molecule has 1 amide bonds. The molecule has 1 heterocycles. The van der Waals surface area contributed by atoms with Crippen molar-refractivity contribution in [3.05, 3.63) is 88.4 Å². The van der Waals surface area contributed by atoms with E-state index in [1.54, 1.807) is 18.6 Å². The third kappa shape index (κ3) is 5.65. The summed E-state index contributed by atoms with van der Waals surface area (Å²) in [5.41, 5.74) is 3.89. The maximum atomic E-state index is 12.4. The number of aliphatic hydroxyl groups is 1. The molecule has 1 aromatic heterocycles. The monoisotopic (exact) mass is 396 g/mol. The normalized spacial score (nSPS) is 14.1. The fraction of sp³-hybridized carbons (Fsp3) is 0.273. The Bertz CT molecular complexity index is 839. The van der Waals surface area contributed by atoms with Crippen molar-refractivity contribution in [2.75, 3.05) is 0 Å². The second-order valence-corrected chi connectivity index (χ2v) is 7.63. The van der Waals surface area contributed by atoms with E-state index in [-0.39, 0.29) is 12.5 Å². The number of rotatable bonds is 8. The lowest BCUT2D eigenvalue weighted by atomic mass is 9.83. The van der Waals surface area contributed by atoms with Gasteiger partial charge in [-0.05, 0) is 24.5 Å². The molecule has 0 fully saturated rings. The van der Waals surface area contributed by atoms with Crippen LogP contribution in [0.3, 0.4) is 0 Å². The summed E-state index contributed by atoms with van der Waals surface area (Å²) in [4.78, 5) is 17.2. The number of thiazole rings is 1. The van der Waals surface area contributed by atoms with Gasteiger partial charge in [0.25, 0.3) is 0 Å². The van der Waals surface area contributed by atoms with Crippen LogP contribution in [-0.2, 0) is 17.8 Å². The van der Waals surface area contributed by atoms with Crippen LogP contribution in [-0.4, -0.2) is 28.3 Å². The topological polar surface area (TPSA) is 71.5 Å². The van der Waals surface area contributed by atoms with Crippen molar-refractivity contribution in [2.24, 2.45) is 0 Å². The van der Waals surface area contributed by atoms with Crippen LogP contribution in [0.15, 0.2) is 72.4 Å². The van der Waals surface area contributed by atoms with Gasteiger partial charge in [0.2, 0.25) is 0 Å². The lowest BCUT2D eigenvalue weighted by Gasteiger charge is -2.30. The first-order chi connectivity index (χ1) is 13.6. The second kappa shape index (κ2) is 10.0. The number of nitrogens with one attached hydrogen (secondary N) is 1. The molecule has 146 valence electrons. The highest BCUT2D eigenvalue weighted by Crippen LogP contribution is 2.26. The predicted octanol–water partition coefficient (Wildman–Crippen LogP) is 4.15. The minimum atomic E-state index is -0.745. The first kappa shape index (κ1) is 20.0. The molecule has 3 aromatic rings. The molecule has 2 aromatic carbocycles. The molecule has 3 unspecified atom stereocenters. The van der Waals surface area contributed by atoms with Gasteiger partial charge in [0.1, 0.15) is 6.61 Å². The summed E-state index contributed by atoms with van der Waals surface area (Å²) in [6, 6.07) is 19.5. The average Bonchev–Trinajstić information content (AvgIpc) is 3.24. The Hall–Kier alpha value is -2.70. The molecule has 0 aliphatic heterocycles. The van der Waals surface area contributed by atoms with Crippen LogP contribution >= 0.6 is 11.3 Å². The van der Waals surface area contributed by atoms with Crippen LogP contribution in [0, 0.1) is 0 Å². The van der Waals surface area contributed by atoms with Gasteiger partial charge >= 0.3 is 6.09 Å². The van der Waals surface area contributed by atoms with E-state index in [2.05, 4.69) is 22.4 Å². The Morgan fingerprint density at radius 2 is 1.82 bits per heavy atom. The van der Waals surface area contributed by atoms with Crippen LogP contribution in [0.1, 0.15) is 28.8 Å². The van der Waals surface area contributed by atoms with Gasteiger partial charge in [-0.3, -0.25) is 4.98 Å². The highest BCUT2D eigenvalue weighted by molar-refractivity contribution is 7.09. The Morgan fingerprint density at radius 3 is 2.43 bits per heavy atom. The van der Waals surface area contributed by atoms with Crippen LogP contribution in [0.2, 0.25) is 0 Å². The zero-order chi connectivity index (χ0) is 19.8. The molecule has 0 aliphatic carbocycles. The van der Waals surface area contributed by atoms with Gasteiger partial charge in [-0.25, -0.2) is 4.79 Å². The Kier molecular flexibility index (Phi) is 7.17. The zero-order valence-corrected chi connectivity index (χ0v) is 16.5. The second-order valence-electron chi connectivity index (χ2n) is 6.66. The van der Waals surface area contributed by atoms with E-state index >= 15 is 0 Å². The summed E-state index contributed by atoms with van der Waals surface area (Å²) in [5.74, 6) is -0.0976. The number of benzene rings is 2. The summed E-state index contributed by atoms with van der Waals surface area (Å²) in [6.45, 7) is 1.85. The van der Waals surface area contributed by atoms with Crippen molar-refractivity contribution in [1.82, 2.24) is 10.3 Å². The van der Waals surface area contributed by atoms with Crippen molar-refractivity contribution in [1.29, 1.82) is 0 Å². The number of aliphatic hydroxyl groups excluding tert-OH is 1. The van der Waals surface area contributed by atoms with Crippen molar-refractivity contribution in [3.8, 4) is 0 Å². The molecule has 6 heteroatoms. The molecule has 0 spiro atoms. The number of hydrogen-bond donors (Lipinski definition) is 2. The van der Waals surface area contributed by atoms with Crippen LogP contribution < -0.4 is 5.32 Å². The van der Waals surface area contributed by atoms with Gasteiger partial charge in [0.05, 0.1) is 22.5 Å². The summed E-state index contributed by atoms with van der Waals surface area (Å²) >= 11 is 1.43. The fourth-order valence-electron chi connectivity index (χ4n) is 3.21. The highest BCUT2D eigenvalue weighted by atomic mass is 32.1. The Morgan fingerprint density at radius 1 is 1.14 bits per heavy atom. The summed E-state index contributed by atoms with van der Waals surface area (Å²) in [5, 5.41) is 13.3. The van der Waals surface area contributed by atoms with Crippen molar-refractivity contribution in [2.45, 2.75) is 38.0 Å². The van der Waals surface area contributed by atoms with Crippen LogP contribution in [0.4, 0.5) is 4.79 Å². The van der Waals surface area contributed by atoms with Gasteiger partial charge < -0.3 is 15.2 Å². The minimum Gasteiger partial charge on any atom is -0.444 e. The maximum Gasteiger partial charge on any atom is 0.407 e. The van der Waals surface area contributed by atoms with E-state index in [9.17, 15) is 9.90 Å². The smallest absolute Gasteiger partial charge is 0.407 e. The number of carbonyl (C=O) groups is 1. The maximum absolute atomic E-state index is 12.4. The molecule has 3 atom stereocenters. The number of nitrogens with zero attached hydrogens (tertiary/aromatic N) is 1. The summed E-state index contributed by atoms with van der Waals surface area (Å²) < 4.78 is 5.31. The van der Waals surface area contributed by atoms with E-state index < -0.39 is 18.2 Å². The molecule has 0 aliphatic rings. The molecular weight excluding hydrogens is 372 g/mol.